The molecule has 4 rings (SSSR count). The molecule has 1 aliphatic heterocycles. The number of rotatable bonds is 5. The van der Waals surface area contributed by atoms with Gasteiger partial charge in [-0.2, -0.15) is 0 Å². The first-order chi connectivity index (χ1) is 12.2. The molecule has 1 aliphatic carbocycles. The number of likely N-dealkylation sites (N-methyl/N-ethyl adjacent to an activating group) is 1. The zero-order valence-electron chi connectivity index (χ0n) is 14.7. The maximum absolute atomic E-state index is 11.7. The third kappa shape index (κ3) is 3.48. The Kier molecular flexibility index (Phi) is 4.85. The number of piperidine rings is 1. The fourth-order valence-electron chi connectivity index (χ4n) is 3.81. The van der Waals surface area contributed by atoms with E-state index in [9.17, 15) is 4.79 Å². The lowest BCUT2D eigenvalue weighted by molar-refractivity contribution is -0.118. The molecule has 2 aromatic heterocycles. The number of amides is 1. The van der Waals surface area contributed by atoms with Gasteiger partial charge in [-0.3, -0.25) is 9.69 Å². The highest BCUT2D eigenvalue weighted by atomic mass is 32.1. The Morgan fingerprint density at radius 3 is 2.80 bits per heavy atom. The van der Waals surface area contributed by atoms with Gasteiger partial charge in [0.05, 0.1) is 18.5 Å². The number of fused-ring (bicyclic) bond motifs is 3. The summed E-state index contributed by atoms with van der Waals surface area (Å²) in [6.07, 6.45) is 7.30. The van der Waals surface area contributed by atoms with Crippen molar-refractivity contribution in [3.63, 3.8) is 0 Å². The number of thiophene rings is 1. The van der Waals surface area contributed by atoms with Crippen molar-refractivity contribution in [1.29, 1.82) is 0 Å². The third-order valence-electron chi connectivity index (χ3n) is 5.12. The maximum Gasteiger partial charge on any atom is 0.239 e. The van der Waals surface area contributed by atoms with Gasteiger partial charge in [-0.15, -0.1) is 11.3 Å². The van der Waals surface area contributed by atoms with Crippen LogP contribution in [0.15, 0.2) is 0 Å². The summed E-state index contributed by atoms with van der Waals surface area (Å²) in [6, 6.07) is 0. The van der Waals surface area contributed by atoms with Crippen molar-refractivity contribution in [2.75, 3.05) is 32.0 Å². The molecule has 2 aromatic rings. The van der Waals surface area contributed by atoms with E-state index in [-0.39, 0.29) is 12.5 Å². The van der Waals surface area contributed by atoms with Crippen molar-refractivity contribution in [3.05, 3.63) is 16.3 Å². The van der Waals surface area contributed by atoms with Gasteiger partial charge < -0.3 is 10.6 Å². The molecule has 6 nitrogen and oxygen atoms in total. The van der Waals surface area contributed by atoms with Crippen LogP contribution in [0.2, 0.25) is 0 Å². The lowest BCUT2D eigenvalue weighted by atomic mass is 10.1. The van der Waals surface area contributed by atoms with E-state index in [2.05, 4.69) is 15.5 Å². The highest BCUT2D eigenvalue weighted by Gasteiger charge is 2.23. The molecule has 134 valence electrons. The Bertz CT molecular complexity index is 781. The molecule has 2 aliphatic rings. The second-order valence-electron chi connectivity index (χ2n) is 6.89. The lowest BCUT2D eigenvalue weighted by Gasteiger charge is -2.25. The largest absolute Gasteiger partial charge is 0.360 e. The molecule has 7 heteroatoms. The molecule has 0 aromatic carbocycles. The molecule has 0 spiro atoms. The minimum Gasteiger partial charge on any atom is -0.360 e. The fourth-order valence-corrected chi connectivity index (χ4v) is 5.09. The van der Waals surface area contributed by atoms with E-state index in [1.807, 2.05) is 0 Å². The number of carbonyl (C=O) groups is 1. The predicted octanol–water partition coefficient (Wildman–Crippen LogP) is 2.32. The molecule has 3 heterocycles. The van der Waals surface area contributed by atoms with Gasteiger partial charge in [0.25, 0.3) is 0 Å². The number of nitrogens with one attached hydrogen (secondary N) is 2. The van der Waals surface area contributed by atoms with Gasteiger partial charge in [0.2, 0.25) is 5.91 Å². The van der Waals surface area contributed by atoms with Gasteiger partial charge in [-0.1, -0.05) is 6.42 Å². The summed E-state index contributed by atoms with van der Waals surface area (Å²) in [5.41, 5.74) is 1.39. The van der Waals surface area contributed by atoms with Gasteiger partial charge in [0.1, 0.15) is 16.5 Å². The number of likely N-dealkylation sites (tertiary alicyclic amines) is 1. The second kappa shape index (κ2) is 7.25. The zero-order chi connectivity index (χ0) is 17.2. The van der Waals surface area contributed by atoms with Crippen LogP contribution in [0.3, 0.4) is 0 Å². The molecule has 2 N–H and O–H groups in total. The Morgan fingerprint density at radius 2 is 2.00 bits per heavy atom. The average Bonchev–Trinajstić information content (AvgIpc) is 3.21. The van der Waals surface area contributed by atoms with Crippen molar-refractivity contribution < 1.29 is 4.79 Å². The molecule has 0 bridgehead atoms. The van der Waals surface area contributed by atoms with E-state index in [1.54, 1.807) is 18.4 Å². The van der Waals surface area contributed by atoms with E-state index >= 15 is 0 Å². The van der Waals surface area contributed by atoms with E-state index in [1.165, 1.54) is 36.1 Å². The van der Waals surface area contributed by atoms with Gasteiger partial charge in [0, 0.05) is 11.9 Å². The molecule has 1 saturated heterocycles. The fraction of sp³-hybridized carbons (Fsp3) is 0.611. The summed E-state index contributed by atoms with van der Waals surface area (Å²) in [5.74, 6) is 1.67. The summed E-state index contributed by atoms with van der Waals surface area (Å²) < 4.78 is 0. The number of aryl methyl sites for hydroxylation is 2. The van der Waals surface area contributed by atoms with Crippen molar-refractivity contribution in [2.45, 2.75) is 45.1 Å². The number of aromatic nitrogens is 2. The van der Waals surface area contributed by atoms with Gasteiger partial charge >= 0.3 is 0 Å². The molecule has 25 heavy (non-hydrogen) atoms. The van der Waals surface area contributed by atoms with Crippen molar-refractivity contribution in [1.82, 2.24) is 20.2 Å². The minimum absolute atomic E-state index is 0.0313. The average molecular weight is 359 g/mol. The van der Waals surface area contributed by atoms with Crippen LogP contribution >= 0.6 is 11.3 Å². The number of hydrogen-bond acceptors (Lipinski definition) is 6. The first-order valence-corrected chi connectivity index (χ1v) is 10.0. The molecule has 1 amide bonds. The molecule has 0 radical (unpaired) electrons. The number of nitrogens with zero attached hydrogens (tertiary/aromatic N) is 3. The number of anilines is 1. The highest BCUT2D eigenvalue weighted by Crippen LogP contribution is 2.39. The highest BCUT2D eigenvalue weighted by molar-refractivity contribution is 7.19. The smallest absolute Gasteiger partial charge is 0.239 e. The Morgan fingerprint density at radius 1 is 1.16 bits per heavy atom. The van der Waals surface area contributed by atoms with Gasteiger partial charge in [-0.05, 0) is 50.8 Å². The van der Waals surface area contributed by atoms with E-state index in [0.717, 1.165) is 54.3 Å². The van der Waals surface area contributed by atoms with Gasteiger partial charge in [0.15, 0.2) is 0 Å². The quantitative estimate of drug-likeness (QED) is 0.857. The predicted molar refractivity (Wildman–Crippen MR) is 101 cm³/mol. The van der Waals surface area contributed by atoms with E-state index in [4.69, 9.17) is 9.97 Å². The number of carbonyl (C=O) groups excluding carboxylic acids is 1. The second-order valence-corrected chi connectivity index (χ2v) is 7.97. The van der Waals surface area contributed by atoms with Crippen LogP contribution in [0.1, 0.15) is 41.9 Å². The van der Waals surface area contributed by atoms with E-state index in [0.29, 0.717) is 0 Å². The van der Waals surface area contributed by atoms with Crippen molar-refractivity contribution >= 4 is 33.3 Å². The summed E-state index contributed by atoms with van der Waals surface area (Å²) >= 11 is 1.81. The monoisotopic (exact) mass is 359 g/mol. The molecule has 1 fully saturated rings. The Labute approximate surface area is 152 Å². The van der Waals surface area contributed by atoms with Crippen molar-refractivity contribution in [2.24, 2.45) is 0 Å². The molecular formula is C18H25N5OS. The van der Waals surface area contributed by atoms with Crippen LogP contribution in [0.4, 0.5) is 5.82 Å². The lowest BCUT2D eigenvalue weighted by Crippen LogP contribution is -2.30. The van der Waals surface area contributed by atoms with Crippen molar-refractivity contribution in [3.8, 4) is 0 Å². The molecule has 0 unspecified atom stereocenters. The summed E-state index contributed by atoms with van der Waals surface area (Å²) in [6.45, 7) is 3.30. The Hall–Kier alpha value is -1.73. The summed E-state index contributed by atoms with van der Waals surface area (Å²) in [7, 11) is 1.66. The van der Waals surface area contributed by atoms with Crippen LogP contribution in [0.25, 0.3) is 10.2 Å². The first kappa shape index (κ1) is 16.7. The topological polar surface area (TPSA) is 70.2 Å². The SMILES string of the molecule is CNC(=O)CNc1nc(CN2CCCCC2)nc2sc3c(c12)CCC3. The third-order valence-corrected chi connectivity index (χ3v) is 6.31. The van der Waals surface area contributed by atoms with Crippen LogP contribution < -0.4 is 10.6 Å². The van der Waals surface area contributed by atoms with Gasteiger partial charge in [-0.25, -0.2) is 9.97 Å². The maximum atomic E-state index is 11.7. The zero-order valence-corrected chi connectivity index (χ0v) is 15.5. The summed E-state index contributed by atoms with van der Waals surface area (Å²) in [5, 5.41) is 7.06. The van der Waals surface area contributed by atoms with Crippen LogP contribution in [-0.4, -0.2) is 47.5 Å². The van der Waals surface area contributed by atoms with Crippen LogP contribution in [-0.2, 0) is 24.2 Å². The van der Waals surface area contributed by atoms with E-state index < -0.39 is 0 Å². The Balaban J connectivity index is 1.66. The first-order valence-electron chi connectivity index (χ1n) is 9.22. The summed E-state index contributed by atoms with van der Waals surface area (Å²) in [4.78, 5) is 26.3. The molecule has 0 atom stereocenters. The number of hydrogen-bond donors (Lipinski definition) is 2. The minimum atomic E-state index is -0.0313. The standard InChI is InChI=1S/C18H25N5OS/c1-19-15(24)10-20-17-16-12-6-5-7-13(12)25-18(16)22-14(21-17)11-23-8-3-2-4-9-23/h2-11H2,1H3,(H,19,24)(H,20,21,22). The normalized spacial score (nSPS) is 17.6. The van der Waals surface area contributed by atoms with Crippen LogP contribution in [0.5, 0.6) is 0 Å². The molecule has 0 saturated carbocycles. The molecular weight excluding hydrogens is 334 g/mol. The van der Waals surface area contributed by atoms with Crippen LogP contribution in [0, 0.1) is 0 Å².